The molecular formula is C17H22N4O2. The zero-order valence-electron chi connectivity index (χ0n) is 13.6. The van der Waals surface area contributed by atoms with Crippen LogP contribution in [0.3, 0.4) is 0 Å². The van der Waals surface area contributed by atoms with Crippen molar-refractivity contribution in [2.45, 2.75) is 39.7 Å². The molecule has 1 saturated heterocycles. The van der Waals surface area contributed by atoms with Gasteiger partial charge in [0.15, 0.2) is 0 Å². The molecule has 122 valence electrons. The zero-order chi connectivity index (χ0) is 16.4. The van der Waals surface area contributed by atoms with Crippen molar-refractivity contribution >= 4 is 28.5 Å². The molecule has 0 aliphatic carbocycles. The van der Waals surface area contributed by atoms with Crippen LogP contribution in [0.25, 0.3) is 11.0 Å². The van der Waals surface area contributed by atoms with Crippen molar-refractivity contribution in [2.24, 2.45) is 0 Å². The number of likely N-dealkylation sites (tertiary alicyclic amines) is 1. The number of anilines is 1. The average molecular weight is 314 g/mol. The molecule has 1 aliphatic heterocycles. The molecule has 2 heterocycles. The van der Waals surface area contributed by atoms with Gasteiger partial charge in [0.1, 0.15) is 5.82 Å². The van der Waals surface area contributed by atoms with Crippen molar-refractivity contribution in [3.8, 4) is 0 Å². The van der Waals surface area contributed by atoms with Gasteiger partial charge in [0, 0.05) is 31.6 Å². The number of hydrogen-bond acceptors (Lipinski definition) is 3. The van der Waals surface area contributed by atoms with Gasteiger partial charge in [0.2, 0.25) is 11.8 Å². The van der Waals surface area contributed by atoms with Crippen LogP contribution in [0, 0.1) is 0 Å². The minimum Gasteiger partial charge on any atom is -0.333 e. The lowest BCUT2D eigenvalue weighted by atomic mass is 10.2. The minimum atomic E-state index is -0.162. The van der Waals surface area contributed by atoms with E-state index in [4.69, 9.17) is 0 Å². The third kappa shape index (κ3) is 3.06. The monoisotopic (exact) mass is 314 g/mol. The molecule has 0 saturated carbocycles. The number of imidazole rings is 1. The number of hydrogen-bond donors (Lipinski definition) is 1. The second-order valence-electron chi connectivity index (χ2n) is 5.80. The number of aryl methyl sites for hydroxylation is 2. The van der Waals surface area contributed by atoms with Crippen LogP contribution in [-0.2, 0) is 22.6 Å². The number of carbonyl (C=O) groups is 2. The van der Waals surface area contributed by atoms with Crippen molar-refractivity contribution < 1.29 is 9.59 Å². The first kappa shape index (κ1) is 15.5. The maximum absolute atomic E-state index is 12.1. The lowest BCUT2D eigenvalue weighted by molar-refractivity contribution is -0.131. The van der Waals surface area contributed by atoms with E-state index in [-0.39, 0.29) is 18.4 Å². The van der Waals surface area contributed by atoms with E-state index in [1.165, 1.54) is 0 Å². The van der Waals surface area contributed by atoms with Gasteiger partial charge in [-0.3, -0.25) is 9.59 Å². The number of rotatable bonds is 5. The van der Waals surface area contributed by atoms with Crippen molar-refractivity contribution in [1.82, 2.24) is 14.5 Å². The summed E-state index contributed by atoms with van der Waals surface area (Å²) in [7, 11) is 0. The molecule has 6 nitrogen and oxygen atoms in total. The summed E-state index contributed by atoms with van der Waals surface area (Å²) >= 11 is 0. The summed E-state index contributed by atoms with van der Waals surface area (Å²) in [6.07, 6.45) is 2.26. The Morgan fingerprint density at radius 1 is 1.35 bits per heavy atom. The molecule has 1 aromatic heterocycles. The van der Waals surface area contributed by atoms with E-state index in [9.17, 15) is 9.59 Å². The number of benzene rings is 1. The van der Waals surface area contributed by atoms with Gasteiger partial charge >= 0.3 is 0 Å². The van der Waals surface area contributed by atoms with Crippen LogP contribution in [0.1, 0.15) is 32.5 Å². The summed E-state index contributed by atoms with van der Waals surface area (Å²) in [5, 5.41) is 2.86. The molecule has 1 N–H and O–H groups in total. The molecule has 1 fully saturated rings. The molecule has 0 atom stereocenters. The fourth-order valence-electron chi connectivity index (χ4n) is 3.13. The van der Waals surface area contributed by atoms with Gasteiger partial charge < -0.3 is 14.8 Å². The maximum Gasteiger partial charge on any atom is 0.243 e. The SMILES string of the molecule is CCc1nc2cc(NC(=O)CN3CCCC3=O)ccc2n1CC. The van der Waals surface area contributed by atoms with E-state index < -0.39 is 0 Å². The summed E-state index contributed by atoms with van der Waals surface area (Å²) in [5.74, 6) is 0.948. The summed E-state index contributed by atoms with van der Waals surface area (Å²) in [6.45, 7) is 5.86. The summed E-state index contributed by atoms with van der Waals surface area (Å²) in [6, 6.07) is 5.77. The molecule has 1 aromatic carbocycles. The standard InChI is InChI=1S/C17H22N4O2/c1-3-15-19-13-10-12(7-8-14(13)21(15)4-2)18-16(22)11-20-9-5-6-17(20)23/h7-8,10H,3-6,9,11H2,1-2H3,(H,18,22). The first-order valence-electron chi connectivity index (χ1n) is 8.19. The third-order valence-electron chi connectivity index (χ3n) is 4.25. The third-order valence-corrected chi connectivity index (χ3v) is 4.25. The lowest BCUT2D eigenvalue weighted by Crippen LogP contribution is -2.33. The smallest absolute Gasteiger partial charge is 0.243 e. The number of fused-ring (bicyclic) bond motifs is 1. The molecule has 0 unspecified atom stereocenters. The second kappa shape index (κ2) is 6.40. The molecule has 2 amide bonds. The molecule has 0 radical (unpaired) electrons. The Bertz CT molecular complexity index is 750. The fourth-order valence-corrected chi connectivity index (χ4v) is 3.13. The molecule has 6 heteroatoms. The van der Waals surface area contributed by atoms with Crippen LogP contribution in [0.15, 0.2) is 18.2 Å². The van der Waals surface area contributed by atoms with Crippen LogP contribution >= 0.6 is 0 Å². The van der Waals surface area contributed by atoms with Crippen LogP contribution in [-0.4, -0.2) is 39.4 Å². The Kier molecular flexibility index (Phi) is 4.32. The topological polar surface area (TPSA) is 67.2 Å². The highest BCUT2D eigenvalue weighted by Gasteiger charge is 2.22. The Morgan fingerprint density at radius 3 is 2.83 bits per heavy atom. The van der Waals surface area contributed by atoms with Crippen LogP contribution in [0.2, 0.25) is 0 Å². The van der Waals surface area contributed by atoms with Gasteiger partial charge in [0.25, 0.3) is 0 Å². The van der Waals surface area contributed by atoms with Gasteiger partial charge in [-0.2, -0.15) is 0 Å². The predicted octanol–water partition coefficient (Wildman–Crippen LogP) is 2.18. The first-order valence-corrected chi connectivity index (χ1v) is 8.19. The quantitative estimate of drug-likeness (QED) is 0.920. The van der Waals surface area contributed by atoms with Gasteiger partial charge in [-0.15, -0.1) is 0 Å². The Balaban J connectivity index is 1.75. The average Bonchev–Trinajstić information content (AvgIpc) is 3.09. The number of aromatic nitrogens is 2. The molecule has 0 spiro atoms. The zero-order valence-corrected chi connectivity index (χ0v) is 13.6. The van der Waals surface area contributed by atoms with Crippen molar-refractivity contribution in [1.29, 1.82) is 0 Å². The molecule has 3 rings (SSSR count). The number of carbonyl (C=O) groups excluding carboxylic acids is 2. The normalized spacial score (nSPS) is 14.7. The Morgan fingerprint density at radius 2 is 2.17 bits per heavy atom. The van der Waals surface area contributed by atoms with Crippen molar-refractivity contribution in [2.75, 3.05) is 18.4 Å². The maximum atomic E-state index is 12.1. The van der Waals surface area contributed by atoms with Gasteiger partial charge in [-0.25, -0.2) is 4.98 Å². The Labute approximate surface area is 135 Å². The summed E-state index contributed by atoms with van der Waals surface area (Å²) < 4.78 is 2.18. The minimum absolute atomic E-state index is 0.0601. The highest BCUT2D eigenvalue weighted by Crippen LogP contribution is 2.21. The van der Waals surface area contributed by atoms with E-state index in [0.717, 1.165) is 41.9 Å². The van der Waals surface area contributed by atoms with E-state index in [1.54, 1.807) is 4.90 Å². The molecule has 2 aromatic rings. The molecule has 1 aliphatic rings. The fraction of sp³-hybridized carbons (Fsp3) is 0.471. The second-order valence-corrected chi connectivity index (χ2v) is 5.80. The van der Waals surface area contributed by atoms with E-state index >= 15 is 0 Å². The predicted molar refractivity (Wildman–Crippen MR) is 89.2 cm³/mol. The van der Waals surface area contributed by atoms with Crippen LogP contribution in [0.5, 0.6) is 0 Å². The van der Waals surface area contributed by atoms with Gasteiger partial charge in [-0.05, 0) is 31.5 Å². The number of nitrogens with one attached hydrogen (secondary N) is 1. The van der Waals surface area contributed by atoms with Crippen LogP contribution < -0.4 is 5.32 Å². The number of amides is 2. The van der Waals surface area contributed by atoms with E-state index in [0.29, 0.717) is 13.0 Å². The molecular weight excluding hydrogens is 292 g/mol. The van der Waals surface area contributed by atoms with Crippen LogP contribution in [0.4, 0.5) is 5.69 Å². The van der Waals surface area contributed by atoms with Gasteiger partial charge in [0.05, 0.1) is 17.6 Å². The molecule has 0 bridgehead atoms. The van der Waals surface area contributed by atoms with E-state index in [1.807, 2.05) is 18.2 Å². The summed E-state index contributed by atoms with van der Waals surface area (Å²) in [4.78, 5) is 29.9. The van der Waals surface area contributed by atoms with Crippen molar-refractivity contribution in [3.63, 3.8) is 0 Å². The first-order chi connectivity index (χ1) is 11.1. The van der Waals surface area contributed by atoms with Gasteiger partial charge in [-0.1, -0.05) is 6.92 Å². The largest absolute Gasteiger partial charge is 0.333 e. The number of nitrogens with zero attached hydrogens (tertiary/aromatic N) is 3. The van der Waals surface area contributed by atoms with Crippen molar-refractivity contribution in [3.05, 3.63) is 24.0 Å². The van der Waals surface area contributed by atoms with E-state index in [2.05, 4.69) is 28.7 Å². The summed E-state index contributed by atoms with van der Waals surface area (Å²) in [5.41, 5.74) is 2.69. The highest BCUT2D eigenvalue weighted by molar-refractivity contribution is 5.96. The molecule has 23 heavy (non-hydrogen) atoms. The lowest BCUT2D eigenvalue weighted by Gasteiger charge is -2.15. The highest BCUT2D eigenvalue weighted by atomic mass is 16.2. The Hall–Kier alpha value is -2.37.